The number of rotatable bonds is 1. The Balaban J connectivity index is 1.60. The highest BCUT2D eigenvalue weighted by atomic mass is 19.2. The van der Waals surface area contributed by atoms with Crippen LogP contribution in [0.1, 0.15) is 27.7 Å². The van der Waals surface area contributed by atoms with E-state index in [0.29, 0.717) is 22.4 Å². The number of amides is 1. The van der Waals surface area contributed by atoms with E-state index in [-0.39, 0.29) is 36.7 Å². The van der Waals surface area contributed by atoms with Gasteiger partial charge < -0.3 is 14.7 Å². The maximum Gasteiger partial charge on any atom is 0.278 e. The normalized spacial score (nSPS) is 19.6. The van der Waals surface area contributed by atoms with Gasteiger partial charge in [-0.2, -0.15) is 0 Å². The van der Waals surface area contributed by atoms with E-state index in [2.05, 4.69) is 9.97 Å². The molecule has 2 aromatic heterocycles. The summed E-state index contributed by atoms with van der Waals surface area (Å²) in [4.78, 5) is 36.3. The minimum atomic E-state index is -1.07. The summed E-state index contributed by atoms with van der Waals surface area (Å²) in [5, 5.41) is 12.5. The van der Waals surface area contributed by atoms with E-state index in [1.165, 1.54) is 34.2 Å². The molecule has 2 aliphatic heterocycles. The number of carbonyl (C=O) groups is 1. The Morgan fingerprint density at radius 1 is 0.974 bits per heavy atom. The van der Waals surface area contributed by atoms with Gasteiger partial charge in [0.15, 0.2) is 23.1 Å². The van der Waals surface area contributed by atoms with E-state index in [9.17, 15) is 19.1 Å². The van der Waals surface area contributed by atoms with E-state index in [4.69, 9.17) is 4.74 Å². The van der Waals surface area contributed by atoms with Gasteiger partial charge in [0.25, 0.3) is 5.91 Å². The number of hydrogen-bond donors (Lipinski definition) is 1. The number of hydrogen-bond acceptors (Lipinski definition) is 7. The zero-order valence-corrected chi connectivity index (χ0v) is 19.7. The molecule has 7 rings (SSSR count). The zero-order chi connectivity index (χ0) is 26.1. The Kier molecular flexibility index (Phi) is 4.86. The van der Waals surface area contributed by atoms with Gasteiger partial charge in [-0.3, -0.25) is 29.2 Å². The smallest absolute Gasteiger partial charge is 0.278 e. The number of aromatic hydroxyl groups is 1. The minimum absolute atomic E-state index is 0.0544. The monoisotopic (exact) mass is 515 g/mol. The molecule has 4 heterocycles. The Morgan fingerprint density at radius 2 is 1.76 bits per heavy atom. The summed E-state index contributed by atoms with van der Waals surface area (Å²) >= 11 is 0. The largest absolute Gasteiger partial charge is 0.502 e. The van der Waals surface area contributed by atoms with Crippen molar-refractivity contribution in [2.75, 3.05) is 24.8 Å². The van der Waals surface area contributed by atoms with Crippen LogP contribution in [-0.2, 0) is 4.74 Å². The van der Waals surface area contributed by atoms with Crippen molar-refractivity contribution in [3.05, 3.63) is 99.7 Å². The SMILES string of the molecule is O=C1c2c(O)c(=O)ccn2N(C2c3ccccc3-c3nccnc3-c3c2ccc(F)c3F)C2COCCN12. The van der Waals surface area contributed by atoms with Crippen molar-refractivity contribution in [1.29, 1.82) is 0 Å². The molecule has 2 unspecified atom stereocenters. The number of ether oxygens (including phenoxy) is 1. The molecular weight excluding hydrogens is 496 g/mol. The van der Waals surface area contributed by atoms with Crippen LogP contribution in [0.15, 0.2) is 65.8 Å². The van der Waals surface area contributed by atoms with Crippen LogP contribution in [0.2, 0.25) is 0 Å². The average molecular weight is 515 g/mol. The third-order valence-electron chi connectivity index (χ3n) is 7.31. The molecular formula is C27H19F2N5O4. The van der Waals surface area contributed by atoms with Crippen LogP contribution < -0.4 is 10.4 Å². The molecule has 1 N–H and O–H groups in total. The van der Waals surface area contributed by atoms with Crippen molar-refractivity contribution >= 4 is 5.91 Å². The van der Waals surface area contributed by atoms with Crippen LogP contribution in [-0.4, -0.2) is 56.5 Å². The second-order valence-electron chi connectivity index (χ2n) is 9.22. The summed E-state index contributed by atoms with van der Waals surface area (Å²) in [6, 6.07) is 10.2. The quantitative estimate of drug-likeness (QED) is 0.416. The van der Waals surface area contributed by atoms with Gasteiger partial charge in [0.2, 0.25) is 5.43 Å². The van der Waals surface area contributed by atoms with Gasteiger partial charge in [0.05, 0.1) is 30.6 Å². The van der Waals surface area contributed by atoms with Crippen molar-refractivity contribution < 1.29 is 23.4 Å². The number of morpholine rings is 1. The van der Waals surface area contributed by atoms with Crippen LogP contribution in [0.3, 0.4) is 0 Å². The molecule has 1 amide bonds. The molecule has 0 bridgehead atoms. The Labute approximate surface area is 214 Å². The summed E-state index contributed by atoms with van der Waals surface area (Å²) in [5.74, 6) is -3.33. The summed E-state index contributed by atoms with van der Waals surface area (Å²) in [5.41, 5.74) is 1.29. The number of halogens is 2. The lowest BCUT2D eigenvalue weighted by molar-refractivity contribution is -0.0196. The topological polar surface area (TPSA) is 101 Å². The van der Waals surface area contributed by atoms with Gasteiger partial charge in [0.1, 0.15) is 6.17 Å². The summed E-state index contributed by atoms with van der Waals surface area (Å²) in [6.07, 6.45) is 3.62. The number of fused-ring (bicyclic) bond motifs is 7. The maximum atomic E-state index is 15.7. The van der Waals surface area contributed by atoms with Crippen molar-refractivity contribution in [1.82, 2.24) is 19.5 Å². The van der Waals surface area contributed by atoms with Crippen LogP contribution in [0.5, 0.6) is 5.75 Å². The molecule has 0 saturated carbocycles. The lowest BCUT2D eigenvalue weighted by Crippen LogP contribution is -2.66. The Bertz CT molecular complexity index is 1710. The predicted molar refractivity (Wildman–Crippen MR) is 131 cm³/mol. The number of pyridine rings is 1. The van der Waals surface area contributed by atoms with E-state index < -0.39 is 40.9 Å². The second-order valence-corrected chi connectivity index (χ2v) is 9.22. The third-order valence-corrected chi connectivity index (χ3v) is 7.31. The van der Waals surface area contributed by atoms with Crippen LogP contribution in [0.25, 0.3) is 22.5 Å². The van der Waals surface area contributed by atoms with Gasteiger partial charge in [-0.1, -0.05) is 30.3 Å². The summed E-state index contributed by atoms with van der Waals surface area (Å²) < 4.78 is 37.6. The van der Waals surface area contributed by atoms with Crippen molar-refractivity contribution in [2.24, 2.45) is 0 Å². The Hall–Kier alpha value is -4.64. The highest BCUT2D eigenvalue weighted by Crippen LogP contribution is 2.47. The van der Waals surface area contributed by atoms with Crippen molar-refractivity contribution in [3.63, 3.8) is 0 Å². The van der Waals surface area contributed by atoms with Gasteiger partial charge in [0, 0.05) is 42.3 Å². The molecule has 4 aromatic rings. The molecule has 1 saturated heterocycles. The highest BCUT2D eigenvalue weighted by Gasteiger charge is 2.46. The standard InChI is InChI=1S/C27H19F2N5O4/c28-17-6-5-16-20(21(17)29)23-22(30-8-9-31-23)14-3-1-2-4-15(14)24(16)34-19-13-38-12-11-32(19)27(37)25-26(36)18(35)7-10-33(25)34/h1-10,19,24,36H,11-13H2. The van der Waals surface area contributed by atoms with E-state index in [1.54, 1.807) is 5.01 Å². The molecule has 190 valence electrons. The molecule has 11 heteroatoms. The van der Waals surface area contributed by atoms with Gasteiger partial charge in [-0.05, 0) is 17.2 Å². The minimum Gasteiger partial charge on any atom is -0.502 e. The first-order valence-electron chi connectivity index (χ1n) is 12.0. The zero-order valence-electron chi connectivity index (χ0n) is 19.7. The lowest BCUT2D eigenvalue weighted by atomic mass is 9.92. The van der Waals surface area contributed by atoms with E-state index in [1.807, 2.05) is 24.3 Å². The van der Waals surface area contributed by atoms with Gasteiger partial charge >= 0.3 is 0 Å². The summed E-state index contributed by atoms with van der Waals surface area (Å²) in [7, 11) is 0. The molecule has 2 atom stereocenters. The fraction of sp³-hybridized carbons (Fsp3) is 0.185. The maximum absolute atomic E-state index is 15.7. The van der Waals surface area contributed by atoms with E-state index >= 15 is 4.39 Å². The molecule has 1 fully saturated rings. The van der Waals surface area contributed by atoms with Crippen molar-refractivity contribution in [2.45, 2.75) is 12.2 Å². The predicted octanol–water partition coefficient (Wildman–Crippen LogP) is 2.81. The Morgan fingerprint density at radius 3 is 2.61 bits per heavy atom. The van der Waals surface area contributed by atoms with Crippen LogP contribution in [0, 0.1) is 11.6 Å². The first-order chi connectivity index (χ1) is 18.5. The molecule has 1 aliphatic carbocycles. The van der Waals surface area contributed by atoms with Gasteiger partial charge in [-0.15, -0.1) is 0 Å². The lowest BCUT2D eigenvalue weighted by Gasteiger charge is -2.51. The van der Waals surface area contributed by atoms with Crippen LogP contribution in [0.4, 0.5) is 8.78 Å². The number of aromatic nitrogens is 3. The fourth-order valence-corrected chi connectivity index (χ4v) is 5.69. The van der Waals surface area contributed by atoms with Crippen molar-refractivity contribution in [3.8, 4) is 28.3 Å². The number of nitrogens with zero attached hydrogens (tertiary/aromatic N) is 5. The number of carbonyl (C=O) groups excluding carboxylic acids is 1. The molecule has 2 aromatic carbocycles. The van der Waals surface area contributed by atoms with E-state index in [0.717, 1.165) is 12.1 Å². The van der Waals surface area contributed by atoms with Crippen LogP contribution >= 0.6 is 0 Å². The fourth-order valence-electron chi connectivity index (χ4n) is 5.69. The summed E-state index contributed by atoms with van der Waals surface area (Å²) in [6.45, 7) is 0.592. The molecule has 0 radical (unpaired) electrons. The molecule has 0 spiro atoms. The number of benzene rings is 2. The van der Waals surface area contributed by atoms with Gasteiger partial charge in [-0.25, -0.2) is 8.78 Å². The first-order valence-corrected chi connectivity index (χ1v) is 12.0. The third kappa shape index (κ3) is 2.99. The molecule has 38 heavy (non-hydrogen) atoms. The highest BCUT2D eigenvalue weighted by molar-refractivity contribution is 5.97. The molecule has 3 aliphatic rings. The average Bonchev–Trinajstić information content (AvgIpc) is 3.06. The second kappa shape index (κ2) is 8.18. The first kappa shape index (κ1) is 22.5. The molecule has 9 nitrogen and oxygen atoms in total.